The van der Waals surface area contributed by atoms with Crippen LogP contribution in [0.2, 0.25) is 0 Å². The lowest BCUT2D eigenvalue weighted by atomic mass is 10.2. The maximum Gasteiger partial charge on any atom is 0.348 e. The van der Waals surface area contributed by atoms with Gasteiger partial charge >= 0.3 is 5.82 Å². The average molecular weight is 186 g/mol. The first kappa shape index (κ1) is 8.81. The summed E-state index contributed by atoms with van der Waals surface area (Å²) in [6, 6.07) is 5.88. The van der Waals surface area contributed by atoms with Crippen molar-refractivity contribution in [2.24, 2.45) is 7.05 Å². The third-order valence-corrected chi connectivity index (χ3v) is 2.15. The minimum atomic E-state index is 0.894. The minimum Gasteiger partial charge on any atom is -0.248 e. The molecule has 3 heteroatoms. The average Bonchev–Trinajstić information content (AvgIpc) is 2.20. The molecule has 0 saturated heterocycles. The van der Waals surface area contributed by atoms with Gasteiger partial charge in [0.05, 0.1) is 13.2 Å². The molecule has 2 heterocycles. The third kappa shape index (κ3) is 1.48. The Kier molecular flexibility index (Phi) is 2.23. The lowest BCUT2D eigenvalue weighted by molar-refractivity contribution is -0.663. The molecule has 0 aliphatic rings. The van der Waals surface area contributed by atoms with Crippen LogP contribution in [0.4, 0.5) is 0 Å². The van der Waals surface area contributed by atoms with E-state index in [9.17, 15) is 0 Å². The van der Waals surface area contributed by atoms with Crippen LogP contribution < -0.4 is 4.57 Å². The van der Waals surface area contributed by atoms with E-state index < -0.39 is 0 Å². The topological polar surface area (TPSA) is 29.7 Å². The highest BCUT2D eigenvalue weighted by Crippen LogP contribution is 2.13. The van der Waals surface area contributed by atoms with E-state index in [1.165, 1.54) is 0 Å². The zero-order chi connectivity index (χ0) is 9.97. The van der Waals surface area contributed by atoms with Crippen molar-refractivity contribution in [1.82, 2.24) is 9.97 Å². The fourth-order valence-corrected chi connectivity index (χ4v) is 1.39. The number of hydrogen-bond acceptors (Lipinski definition) is 2. The van der Waals surface area contributed by atoms with E-state index in [0.29, 0.717) is 0 Å². The zero-order valence-electron chi connectivity index (χ0n) is 8.31. The number of nitrogens with zero attached hydrogens (tertiary/aromatic N) is 3. The van der Waals surface area contributed by atoms with Crippen molar-refractivity contribution in [1.29, 1.82) is 0 Å². The first-order valence-corrected chi connectivity index (χ1v) is 4.51. The summed E-state index contributed by atoms with van der Waals surface area (Å²) in [5.74, 6) is 0.894. The summed E-state index contributed by atoms with van der Waals surface area (Å²) in [5.41, 5.74) is 2.08. The molecule has 0 N–H and O–H groups in total. The maximum absolute atomic E-state index is 4.33. The first-order valence-electron chi connectivity index (χ1n) is 4.51. The van der Waals surface area contributed by atoms with Gasteiger partial charge in [-0.15, -0.1) is 0 Å². The number of pyridine rings is 1. The second kappa shape index (κ2) is 3.54. The van der Waals surface area contributed by atoms with Crippen LogP contribution in [-0.4, -0.2) is 9.97 Å². The lowest BCUT2D eigenvalue weighted by Crippen LogP contribution is -2.31. The van der Waals surface area contributed by atoms with Crippen LogP contribution in [0.5, 0.6) is 0 Å². The minimum absolute atomic E-state index is 0.894. The summed E-state index contributed by atoms with van der Waals surface area (Å²) in [6.07, 6.45) is 5.54. The van der Waals surface area contributed by atoms with Crippen LogP contribution in [0.25, 0.3) is 11.5 Å². The molecule has 0 unspecified atom stereocenters. The molecule has 0 fully saturated rings. The van der Waals surface area contributed by atoms with E-state index in [-0.39, 0.29) is 0 Å². The lowest BCUT2D eigenvalue weighted by Gasteiger charge is -1.99. The predicted octanol–water partition coefficient (Wildman–Crippen LogP) is 1.28. The van der Waals surface area contributed by atoms with E-state index in [4.69, 9.17) is 0 Å². The van der Waals surface area contributed by atoms with Gasteiger partial charge in [0.2, 0.25) is 0 Å². The molecule has 70 valence electrons. The predicted molar refractivity (Wildman–Crippen MR) is 53.4 cm³/mol. The second-order valence-corrected chi connectivity index (χ2v) is 3.22. The molecule has 14 heavy (non-hydrogen) atoms. The van der Waals surface area contributed by atoms with Crippen LogP contribution >= 0.6 is 0 Å². The molecule has 0 aliphatic heterocycles. The summed E-state index contributed by atoms with van der Waals surface area (Å²) >= 11 is 0. The Balaban J connectivity index is 2.61. The Morgan fingerprint density at radius 1 is 1.14 bits per heavy atom. The van der Waals surface area contributed by atoms with Gasteiger partial charge < -0.3 is 0 Å². The van der Waals surface area contributed by atoms with Crippen LogP contribution in [-0.2, 0) is 7.05 Å². The monoisotopic (exact) mass is 186 g/mol. The van der Waals surface area contributed by atoms with Crippen molar-refractivity contribution < 1.29 is 4.57 Å². The van der Waals surface area contributed by atoms with Gasteiger partial charge in [-0.3, -0.25) is 0 Å². The van der Waals surface area contributed by atoms with Crippen LogP contribution in [0.1, 0.15) is 5.56 Å². The van der Waals surface area contributed by atoms with Crippen LogP contribution in [0.15, 0.2) is 36.8 Å². The Bertz CT molecular complexity index is 408. The SMILES string of the molecule is Cc1cccnc1-c1nccc[n+]1C. The second-order valence-electron chi connectivity index (χ2n) is 3.22. The molecule has 3 nitrogen and oxygen atoms in total. The molecular formula is C11H12N3+. The maximum atomic E-state index is 4.33. The number of aromatic nitrogens is 3. The van der Waals surface area contributed by atoms with Crippen molar-refractivity contribution in [2.45, 2.75) is 6.92 Å². The van der Waals surface area contributed by atoms with E-state index >= 15 is 0 Å². The van der Waals surface area contributed by atoms with Crippen LogP contribution in [0.3, 0.4) is 0 Å². The number of aryl methyl sites for hydroxylation is 2. The fraction of sp³-hybridized carbons (Fsp3) is 0.182. The van der Waals surface area contributed by atoms with Gasteiger partial charge in [0, 0.05) is 12.3 Å². The first-order chi connectivity index (χ1) is 6.79. The highest BCUT2D eigenvalue weighted by molar-refractivity contribution is 5.50. The van der Waals surface area contributed by atoms with Gasteiger partial charge in [-0.25, -0.2) is 9.55 Å². The van der Waals surface area contributed by atoms with Crippen molar-refractivity contribution in [3.05, 3.63) is 42.4 Å². The van der Waals surface area contributed by atoms with E-state index in [1.807, 2.05) is 42.9 Å². The number of rotatable bonds is 1. The third-order valence-electron chi connectivity index (χ3n) is 2.15. The van der Waals surface area contributed by atoms with Gasteiger partial charge in [-0.1, -0.05) is 6.07 Å². The highest BCUT2D eigenvalue weighted by Gasteiger charge is 2.14. The molecule has 0 spiro atoms. The molecule has 2 aromatic rings. The molecule has 0 radical (unpaired) electrons. The quantitative estimate of drug-likeness (QED) is 0.628. The van der Waals surface area contributed by atoms with Crippen molar-refractivity contribution >= 4 is 0 Å². The largest absolute Gasteiger partial charge is 0.348 e. The molecule has 0 aliphatic carbocycles. The van der Waals surface area contributed by atoms with Gasteiger partial charge in [0.25, 0.3) is 0 Å². The zero-order valence-corrected chi connectivity index (χ0v) is 8.31. The molecule has 0 saturated carbocycles. The molecule has 0 amide bonds. The summed E-state index contributed by atoms with van der Waals surface area (Å²) in [6.45, 7) is 2.04. The summed E-state index contributed by atoms with van der Waals surface area (Å²) in [5, 5.41) is 0. The standard InChI is InChI=1S/C11H12N3/c1-9-5-3-6-12-10(9)11-13-7-4-8-14(11)2/h3-8H,1-2H3/q+1. The van der Waals surface area contributed by atoms with Crippen molar-refractivity contribution in [2.75, 3.05) is 0 Å². The molecule has 0 atom stereocenters. The van der Waals surface area contributed by atoms with E-state index in [2.05, 4.69) is 9.97 Å². The van der Waals surface area contributed by atoms with Gasteiger partial charge in [-0.05, 0) is 23.5 Å². The Morgan fingerprint density at radius 3 is 2.64 bits per heavy atom. The van der Waals surface area contributed by atoms with Gasteiger partial charge in [-0.2, -0.15) is 0 Å². The molecule has 0 bridgehead atoms. The normalized spacial score (nSPS) is 10.1. The molecular weight excluding hydrogens is 174 g/mol. The number of hydrogen-bond donors (Lipinski definition) is 0. The molecule has 2 aromatic heterocycles. The Labute approximate surface area is 83.1 Å². The molecule has 2 rings (SSSR count). The Hall–Kier alpha value is -1.77. The fourth-order valence-electron chi connectivity index (χ4n) is 1.39. The van der Waals surface area contributed by atoms with Crippen LogP contribution in [0, 0.1) is 6.92 Å². The summed E-state index contributed by atoms with van der Waals surface area (Å²) in [7, 11) is 1.97. The van der Waals surface area contributed by atoms with E-state index in [0.717, 1.165) is 17.1 Å². The smallest absolute Gasteiger partial charge is 0.248 e. The van der Waals surface area contributed by atoms with Gasteiger partial charge in [0.15, 0.2) is 5.69 Å². The molecule has 0 aromatic carbocycles. The van der Waals surface area contributed by atoms with Crippen molar-refractivity contribution in [3.8, 4) is 11.5 Å². The Morgan fingerprint density at radius 2 is 1.93 bits per heavy atom. The summed E-state index contributed by atoms with van der Waals surface area (Å²) < 4.78 is 1.97. The van der Waals surface area contributed by atoms with Crippen molar-refractivity contribution in [3.63, 3.8) is 0 Å². The highest BCUT2D eigenvalue weighted by atomic mass is 15.0. The summed E-state index contributed by atoms with van der Waals surface area (Å²) in [4.78, 5) is 8.64. The van der Waals surface area contributed by atoms with E-state index in [1.54, 1.807) is 12.4 Å². The van der Waals surface area contributed by atoms with Gasteiger partial charge in [0.1, 0.15) is 6.20 Å².